The van der Waals surface area contributed by atoms with E-state index in [-0.39, 0.29) is 0 Å². The summed E-state index contributed by atoms with van der Waals surface area (Å²) in [4.78, 5) is 0. The molecule has 0 aliphatic heterocycles. The van der Waals surface area contributed by atoms with Gasteiger partial charge in [-0.25, -0.2) is 0 Å². The van der Waals surface area contributed by atoms with Crippen LogP contribution >= 0.6 is 0 Å². The maximum atomic E-state index is 5.57. The van der Waals surface area contributed by atoms with Gasteiger partial charge in [0, 0.05) is 26.9 Å². The number of rotatable bonds is 4. The minimum absolute atomic E-state index is 0.498. The first-order chi connectivity index (χ1) is 7.29. The van der Waals surface area contributed by atoms with E-state index < -0.39 is 8.80 Å². The highest BCUT2D eigenvalue weighted by Crippen LogP contribution is 2.36. The molecule has 0 radical (unpaired) electrons. The van der Waals surface area contributed by atoms with E-state index in [0.29, 0.717) is 5.54 Å². The third-order valence-electron chi connectivity index (χ3n) is 3.46. The maximum absolute atomic E-state index is 5.57. The highest BCUT2D eigenvalue weighted by atomic mass is 28.4. The summed E-state index contributed by atoms with van der Waals surface area (Å²) in [6.07, 6.45) is 9.04. The Hall–Kier alpha value is 0.0969. The summed E-state index contributed by atoms with van der Waals surface area (Å²) in [6.45, 7) is 0. The molecular formula is C11H24O3Si. The van der Waals surface area contributed by atoms with E-state index in [1.165, 1.54) is 44.9 Å². The van der Waals surface area contributed by atoms with Gasteiger partial charge in [0.25, 0.3) is 0 Å². The van der Waals surface area contributed by atoms with Crippen molar-refractivity contribution in [2.24, 2.45) is 0 Å². The van der Waals surface area contributed by atoms with Crippen molar-refractivity contribution in [3.63, 3.8) is 0 Å². The van der Waals surface area contributed by atoms with Crippen LogP contribution in [0.1, 0.15) is 44.9 Å². The van der Waals surface area contributed by atoms with Crippen LogP contribution in [0.3, 0.4) is 0 Å². The van der Waals surface area contributed by atoms with E-state index in [0.717, 1.165) is 0 Å². The van der Waals surface area contributed by atoms with Crippen molar-refractivity contribution in [1.82, 2.24) is 0 Å². The second kappa shape index (κ2) is 6.63. The van der Waals surface area contributed by atoms with E-state index >= 15 is 0 Å². The topological polar surface area (TPSA) is 27.7 Å². The van der Waals surface area contributed by atoms with Crippen LogP contribution in [-0.2, 0) is 13.3 Å². The molecule has 0 aromatic carbocycles. The summed E-state index contributed by atoms with van der Waals surface area (Å²) < 4.78 is 16.7. The molecule has 1 rings (SSSR count). The van der Waals surface area contributed by atoms with Gasteiger partial charge in [-0.3, -0.25) is 0 Å². The molecule has 0 aromatic heterocycles. The van der Waals surface area contributed by atoms with Crippen molar-refractivity contribution >= 4 is 8.80 Å². The third kappa shape index (κ3) is 3.28. The predicted octanol–water partition coefficient (Wildman–Crippen LogP) is 2.98. The zero-order chi connectivity index (χ0) is 11.1. The Morgan fingerprint density at radius 3 is 1.53 bits per heavy atom. The molecular weight excluding hydrogens is 208 g/mol. The second-order valence-electron chi connectivity index (χ2n) is 4.26. The Morgan fingerprint density at radius 1 is 0.733 bits per heavy atom. The van der Waals surface area contributed by atoms with Crippen LogP contribution in [0.5, 0.6) is 0 Å². The molecule has 0 amide bonds. The lowest BCUT2D eigenvalue weighted by Crippen LogP contribution is -2.47. The summed E-state index contributed by atoms with van der Waals surface area (Å²) in [7, 11) is 2.79. The van der Waals surface area contributed by atoms with Crippen molar-refractivity contribution in [2.45, 2.75) is 50.5 Å². The van der Waals surface area contributed by atoms with Gasteiger partial charge in [0.05, 0.1) is 0 Å². The van der Waals surface area contributed by atoms with Gasteiger partial charge >= 0.3 is 8.80 Å². The van der Waals surface area contributed by atoms with Gasteiger partial charge in [-0.05, 0) is 12.8 Å². The van der Waals surface area contributed by atoms with Crippen LogP contribution in [-0.4, -0.2) is 30.1 Å². The zero-order valence-corrected chi connectivity index (χ0v) is 11.3. The van der Waals surface area contributed by atoms with Gasteiger partial charge in [-0.15, -0.1) is 0 Å². The molecule has 3 nitrogen and oxygen atoms in total. The second-order valence-corrected chi connectivity index (χ2v) is 7.51. The molecule has 0 N–H and O–H groups in total. The minimum Gasteiger partial charge on any atom is -0.377 e. The lowest BCUT2D eigenvalue weighted by atomic mass is 10.0. The average molecular weight is 232 g/mol. The van der Waals surface area contributed by atoms with Crippen molar-refractivity contribution < 1.29 is 13.3 Å². The SMILES string of the molecule is CO[Si](OC)(OC)C1CCCCCCC1. The zero-order valence-electron chi connectivity index (χ0n) is 10.3. The van der Waals surface area contributed by atoms with Gasteiger partial charge in [-0.2, -0.15) is 0 Å². The van der Waals surface area contributed by atoms with Crippen molar-refractivity contribution in [3.05, 3.63) is 0 Å². The first-order valence-electron chi connectivity index (χ1n) is 5.94. The Bertz CT molecular complexity index is 155. The molecule has 0 bridgehead atoms. The van der Waals surface area contributed by atoms with Gasteiger partial charge in [0.15, 0.2) is 0 Å². The molecule has 0 aromatic rings. The van der Waals surface area contributed by atoms with Crippen molar-refractivity contribution in [2.75, 3.05) is 21.3 Å². The van der Waals surface area contributed by atoms with Gasteiger partial charge < -0.3 is 13.3 Å². The Labute approximate surface area is 94.5 Å². The molecule has 1 aliphatic carbocycles. The predicted molar refractivity (Wildman–Crippen MR) is 62.9 cm³/mol. The highest BCUT2D eigenvalue weighted by Gasteiger charge is 2.46. The van der Waals surface area contributed by atoms with Crippen LogP contribution in [0.4, 0.5) is 0 Å². The first-order valence-corrected chi connectivity index (χ1v) is 7.74. The summed E-state index contributed by atoms with van der Waals surface area (Å²) in [6, 6.07) is 0. The minimum atomic E-state index is -2.37. The van der Waals surface area contributed by atoms with E-state index in [2.05, 4.69) is 0 Å². The lowest BCUT2D eigenvalue weighted by Gasteiger charge is -2.33. The first kappa shape index (κ1) is 13.2. The highest BCUT2D eigenvalue weighted by molar-refractivity contribution is 6.62. The smallest absolute Gasteiger partial charge is 0.377 e. The van der Waals surface area contributed by atoms with E-state index in [1.807, 2.05) is 0 Å². The molecule has 90 valence electrons. The number of hydrogen-bond acceptors (Lipinski definition) is 3. The van der Waals surface area contributed by atoms with Gasteiger partial charge in [0.2, 0.25) is 0 Å². The van der Waals surface area contributed by atoms with Crippen molar-refractivity contribution in [3.8, 4) is 0 Å². The summed E-state index contributed by atoms with van der Waals surface area (Å²) in [5.74, 6) is 0. The average Bonchev–Trinajstić information content (AvgIpc) is 2.23. The molecule has 0 unspecified atom stereocenters. The van der Waals surface area contributed by atoms with Gasteiger partial charge in [-0.1, -0.05) is 32.1 Å². The van der Waals surface area contributed by atoms with E-state index in [9.17, 15) is 0 Å². The molecule has 0 saturated heterocycles. The summed E-state index contributed by atoms with van der Waals surface area (Å²) in [5.41, 5.74) is 0.498. The Morgan fingerprint density at radius 2 is 1.13 bits per heavy atom. The fourth-order valence-corrected chi connectivity index (χ4v) is 5.18. The quantitative estimate of drug-likeness (QED) is 0.697. The van der Waals surface area contributed by atoms with Gasteiger partial charge in [0.1, 0.15) is 0 Å². The monoisotopic (exact) mass is 232 g/mol. The van der Waals surface area contributed by atoms with Crippen LogP contribution in [0.2, 0.25) is 5.54 Å². The van der Waals surface area contributed by atoms with Crippen molar-refractivity contribution in [1.29, 1.82) is 0 Å². The van der Waals surface area contributed by atoms with Crippen LogP contribution < -0.4 is 0 Å². The largest absolute Gasteiger partial charge is 0.503 e. The standard InChI is InChI=1S/C11H24O3Si/c1-12-15(13-2,14-3)11-9-7-5-4-6-8-10-11/h11H,4-10H2,1-3H3. The molecule has 1 saturated carbocycles. The lowest BCUT2D eigenvalue weighted by molar-refractivity contribution is 0.106. The fourth-order valence-electron chi connectivity index (χ4n) is 2.56. The summed E-state index contributed by atoms with van der Waals surface area (Å²) in [5, 5.41) is 0. The van der Waals surface area contributed by atoms with E-state index in [4.69, 9.17) is 13.3 Å². The van der Waals surface area contributed by atoms with Crippen LogP contribution in [0.25, 0.3) is 0 Å². The normalized spacial score (nSPS) is 21.0. The summed E-state index contributed by atoms with van der Waals surface area (Å²) >= 11 is 0. The molecule has 1 aliphatic rings. The van der Waals surface area contributed by atoms with Crippen LogP contribution in [0.15, 0.2) is 0 Å². The molecule has 0 atom stereocenters. The molecule has 15 heavy (non-hydrogen) atoms. The van der Waals surface area contributed by atoms with E-state index in [1.54, 1.807) is 21.3 Å². The Kier molecular flexibility index (Phi) is 5.82. The molecule has 0 heterocycles. The Balaban J connectivity index is 2.62. The fraction of sp³-hybridized carbons (Fsp3) is 1.00. The number of hydrogen-bond donors (Lipinski definition) is 0. The maximum Gasteiger partial charge on any atom is 0.503 e. The molecule has 0 spiro atoms. The molecule has 1 fully saturated rings. The third-order valence-corrected chi connectivity index (χ3v) is 6.74. The van der Waals surface area contributed by atoms with Crippen LogP contribution in [0, 0.1) is 0 Å². The molecule has 4 heteroatoms.